The van der Waals surface area contributed by atoms with Gasteiger partial charge in [-0.2, -0.15) is 5.10 Å². The van der Waals surface area contributed by atoms with Gasteiger partial charge >= 0.3 is 5.97 Å². The minimum atomic E-state index is -1.04. The Balaban J connectivity index is 2.52. The summed E-state index contributed by atoms with van der Waals surface area (Å²) in [4.78, 5) is 12.0. The van der Waals surface area contributed by atoms with Gasteiger partial charge in [-0.25, -0.2) is 4.79 Å². The van der Waals surface area contributed by atoms with Crippen molar-refractivity contribution in [1.82, 2.24) is 9.78 Å². The Hall–Kier alpha value is -1.85. The fourth-order valence-corrected chi connectivity index (χ4v) is 2.39. The maximum absolute atomic E-state index is 12.0. The van der Waals surface area contributed by atoms with E-state index in [0.29, 0.717) is 21.8 Å². The Kier molecular flexibility index (Phi) is 4.65. The molecule has 0 spiro atoms. The highest BCUT2D eigenvalue weighted by molar-refractivity contribution is 6.31. The Labute approximate surface area is 128 Å². The Morgan fingerprint density at radius 2 is 2.14 bits per heavy atom. The van der Waals surface area contributed by atoms with Gasteiger partial charge in [-0.15, -0.1) is 0 Å². The predicted molar refractivity (Wildman–Crippen MR) is 79.4 cm³/mol. The maximum atomic E-state index is 12.0. The van der Waals surface area contributed by atoms with Gasteiger partial charge in [0.1, 0.15) is 6.10 Å². The Morgan fingerprint density at radius 1 is 1.48 bits per heavy atom. The molecule has 6 heteroatoms. The second-order valence-electron chi connectivity index (χ2n) is 4.62. The van der Waals surface area contributed by atoms with Gasteiger partial charge in [-0.05, 0) is 19.9 Å². The third-order valence-electron chi connectivity index (χ3n) is 3.32. The van der Waals surface area contributed by atoms with Gasteiger partial charge in [0.25, 0.3) is 0 Å². The highest BCUT2D eigenvalue weighted by atomic mass is 35.5. The van der Waals surface area contributed by atoms with Crippen LogP contribution in [0.4, 0.5) is 0 Å². The lowest BCUT2D eigenvalue weighted by Crippen LogP contribution is -2.12. The normalized spacial score (nSPS) is 12.2. The number of carbonyl (C=O) groups is 1. The fraction of sp³-hybridized carbons (Fsp3) is 0.333. The number of hydrogen-bond acceptors (Lipinski definition) is 4. The zero-order valence-corrected chi connectivity index (χ0v) is 12.9. The van der Waals surface area contributed by atoms with Crippen LogP contribution in [0, 0.1) is 6.92 Å². The van der Waals surface area contributed by atoms with Gasteiger partial charge in [-0.3, -0.25) is 4.68 Å². The highest BCUT2D eigenvalue weighted by Crippen LogP contribution is 2.32. The molecule has 21 heavy (non-hydrogen) atoms. The van der Waals surface area contributed by atoms with Gasteiger partial charge in [-0.1, -0.05) is 29.8 Å². The van der Waals surface area contributed by atoms with Crippen LogP contribution in [0.2, 0.25) is 5.02 Å². The number of ether oxygens (including phenoxy) is 1. The summed E-state index contributed by atoms with van der Waals surface area (Å²) in [7, 11) is 1.71. The largest absolute Gasteiger partial charge is 0.461 e. The summed E-state index contributed by atoms with van der Waals surface area (Å²) in [5, 5.41) is 15.2. The molecular formula is C15H17ClN2O3. The number of aryl methyl sites for hydroxylation is 1. The van der Waals surface area contributed by atoms with E-state index in [1.54, 1.807) is 49.8 Å². The first kappa shape index (κ1) is 15.5. The average molecular weight is 309 g/mol. The molecule has 112 valence electrons. The number of halogens is 1. The molecule has 1 atom stereocenters. The van der Waals surface area contributed by atoms with Crippen LogP contribution in [0.15, 0.2) is 24.3 Å². The molecule has 1 unspecified atom stereocenters. The molecule has 0 fully saturated rings. The van der Waals surface area contributed by atoms with E-state index >= 15 is 0 Å². The van der Waals surface area contributed by atoms with Crippen molar-refractivity contribution in [2.24, 2.45) is 7.05 Å². The summed E-state index contributed by atoms with van der Waals surface area (Å²) in [5.74, 6) is -0.553. The van der Waals surface area contributed by atoms with Crippen molar-refractivity contribution in [1.29, 1.82) is 0 Å². The third kappa shape index (κ3) is 2.94. The van der Waals surface area contributed by atoms with Crippen LogP contribution in [0.5, 0.6) is 0 Å². The van der Waals surface area contributed by atoms with Gasteiger partial charge in [0.2, 0.25) is 0 Å². The van der Waals surface area contributed by atoms with E-state index in [1.165, 1.54) is 0 Å². The number of esters is 1. The molecule has 5 nitrogen and oxygen atoms in total. The van der Waals surface area contributed by atoms with Gasteiger partial charge in [0.15, 0.2) is 5.69 Å². The fourth-order valence-electron chi connectivity index (χ4n) is 2.15. The van der Waals surface area contributed by atoms with Crippen molar-refractivity contribution in [2.75, 3.05) is 6.61 Å². The molecule has 0 radical (unpaired) electrons. The zero-order chi connectivity index (χ0) is 15.6. The standard InChI is InChI=1S/C15H17ClN2O3/c1-4-21-15(20)13-12(9(2)18(3)17-13)14(19)10-7-5-6-8-11(10)16/h5-8,14,19H,4H2,1-3H3. The smallest absolute Gasteiger partial charge is 0.359 e. The van der Waals surface area contributed by atoms with Crippen LogP contribution >= 0.6 is 11.6 Å². The number of aromatic nitrogens is 2. The lowest BCUT2D eigenvalue weighted by atomic mass is 9.99. The van der Waals surface area contributed by atoms with E-state index in [2.05, 4.69) is 5.10 Å². The van der Waals surface area contributed by atoms with Gasteiger partial charge in [0.05, 0.1) is 6.61 Å². The molecule has 1 aromatic heterocycles. The molecule has 1 heterocycles. The Morgan fingerprint density at radius 3 is 2.76 bits per heavy atom. The van der Waals surface area contributed by atoms with E-state index in [1.807, 2.05) is 0 Å². The number of rotatable bonds is 4. The SMILES string of the molecule is CCOC(=O)c1nn(C)c(C)c1C(O)c1ccccc1Cl. The number of hydrogen-bond donors (Lipinski definition) is 1. The monoisotopic (exact) mass is 308 g/mol. The first-order valence-corrected chi connectivity index (χ1v) is 6.98. The minimum Gasteiger partial charge on any atom is -0.461 e. The quantitative estimate of drug-likeness (QED) is 0.882. The van der Waals surface area contributed by atoms with Gasteiger partial charge in [0, 0.05) is 28.9 Å². The van der Waals surface area contributed by atoms with Crippen LogP contribution < -0.4 is 0 Å². The van der Waals surface area contributed by atoms with Crippen molar-refractivity contribution in [2.45, 2.75) is 20.0 Å². The van der Waals surface area contributed by atoms with Crippen LogP contribution in [0.25, 0.3) is 0 Å². The molecule has 0 bridgehead atoms. The summed E-state index contributed by atoms with van der Waals surface area (Å²) < 4.78 is 6.54. The third-order valence-corrected chi connectivity index (χ3v) is 3.67. The molecule has 0 aliphatic heterocycles. The van der Waals surface area contributed by atoms with Gasteiger partial charge < -0.3 is 9.84 Å². The van der Waals surface area contributed by atoms with Crippen molar-refractivity contribution in [3.63, 3.8) is 0 Å². The first-order chi connectivity index (χ1) is 9.97. The number of aliphatic hydroxyl groups excluding tert-OH is 1. The average Bonchev–Trinajstić information content (AvgIpc) is 2.75. The van der Waals surface area contributed by atoms with E-state index in [0.717, 1.165) is 0 Å². The first-order valence-electron chi connectivity index (χ1n) is 6.60. The van der Waals surface area contributed by atoms with E-state index < -0.39 is 12.1 Å². The molecule has 1 N–H and O–H groups in total. The minimum absolute atomic E-state index is 0.115. The van der Waals surface area contributed by atoms with Crippen molar-refractivity contribution >= 4 is 17.6 Å². The summed E-state index contributed by atoms with van der Waals surface area (Å²) in [6.45, 7) is 3.75. The lowest BCUT2D eigenvalue weighted by molar-refractivity contribution is 0.0513. The lowest BCUT2D eigenvalue weighted by Gasteiger charge is -2.14. The summed E-state index contributed by atoms with van der Waals surface area (Å²) >= 11 is 6.12. The molecule has 0 saturated heterocycles. The predicted octanol–water partition coefficient (Wildman–Crippen LogP) is 2.64. The summed E-state index contributed by atoms with van der Waals surface area (Å²) in [6, 6.07) is 6.96. The van der Waals surface area contributed by atoms with Crippen LogP contribution in [-0.2, 0) is 11.8 Å². The van der Waals surface area contributed by atoms with E-state index in [-0.39, 0.29) is 12.3 Å². The molecule has 0 amide bonds. The summed E-state index contributed by atoms with van der Waals surface area (Å²) in [5.41, 5.74) is 1.75. The number of aliphatic hydroxyl groups is 1. The van der Waals surface area contributed by atoms with Crippen LogP contribution in [0.3, 0.4) is 0 Å². The summed E-state index contributed by atoms with van der Waals surface area (Å²) in [6.07, 6.45) is -1.04. The highest BCUT2D eigenvalue weighted by Gasteiger charge is 2.27. The zero-order valence-electron chi connectivity index (χ0n) is 12.1. The molecule has 0 saturated carbocycles. The second kappa shape index (κ2) is 6.28. The second-order valence-corrected chi connectivity index (χ2v) is 5.02. The van der Waals surface area contributed by atoms with Crippen molar-refractivity contribution in [3.8, 4) is 0 Å². The van der Waals surface area contributed by atoms with Crippen molar-refractivity contribution in [3.05, 3.63) is 51.8 Å². The number of carbonyl (C=O) groups excluding carboxylic acids is 1. The van der Waals surface area contributed by atoms with Crippen LogP contribution in [0.1, 0.15) is 40.3 Å². The van der Waals surface area contributed by atoms with Crippen LogP contribution in [-0.4, -0.2) is 27.5 Å². The molecule has 0 aliphatic carbocycles. The maximum Gasteiger partial charge on any atom is 0.359 e. The number of benzene rings is 1. The van der Waals surface area contributed by atoms with E-state index in [9.17, 15) is 9.90 Å². The molecule has 2 aromatic rings. The Bertz CT molecular complexity index is 667. The molecule has 1 aromatic carbocycles. The van der Waals surface area contributed by atoms with Crippen molar-refractivity contribution < 1.29 is 14.6 Å². The molecular weight excluding hydrogens is 292 g/mol. The topological polar surface area (TPSA) is 64.3 Å². The molecule has 2 rings (SSSR count). The molecule has 0 aliphatic rings. The van der Waals surface area contributed by atoms with E-state index in [4.69, 9.17) is 16.3 Å². The number of nitrogens with zero attached hydrogens (tertiary/aromatic N) is 2.